The number of halogens is 2. The van der Waals surface area contributed by atoms with Gasteiger partial charge in [0.15, 0.2) is 0 Å². The summed E-state index contributed by atoms with van der Waals surface area (Å²) < 4.78 is 6.49. The zero-order chi connectivity index (χ0) is 21.6. The number of ether oxygens (including phenoxy) is 1. The Bertz CT molecular complexity index is 875. The van der Waals surface area contributed by atoms with E-state index < -0.39 is 0 Å². The van der Waals surface area contributed by atoms with Crippen LogP contribution in [-0.2, 0) is 19.7 Å². The Morgan fingerprint density at radius 2 is 1.79 bits per heavy atom. The molecule has 158 valence electrons. The zero-order valence-electron chi connectivity index (χ0n) is 17.0. The van der Waals surface area contributed by atoms with Gasteiger partial charge in [0, 0.05) is 38.0 Å². The van der Waals surface area contributed by atoms with Gasteiger partial charge in [-0.3, -0.25) is 9.59 Å². The highest BCUT2D eigenvalue weighted by molar-refractivity contribution is 6.42. The zero-order valence-corrected chi connectivity index (χ0v) is 18.5. The lowest BCUT2D eigenvalue weighted by Gasteiger charge is -2.14. The molecule has 2 amide bonds. The molecule has 1 aromatic heterocycles. The van der Waals surface area contributed by atoms with Crippen molar-refractivity contribution in [1.29, 1.82) is 0 Å². The van der Waals surface area contributed by atoms with Gasteiger partial charge in [-0.05, 0) is 18.2 Å². The van der Waals surface area contributed by atoms with Crippen LogP contribution in [0.5, 0.6) is 0 Å². The Morgan fingerprint density at radius 3 is 2.41 bits per heavy atom. The van der Waals surface area contributed by atoms with Crippen LogP contribution in [0.1, 0.15) is 39.3 Å². The first kappa shape index (κ1) is 23.2. The predicted molar refractivity (Wildman–Crippen MR) is 115 cm³/mol. The van der Waals surface area contributed by atoms with Crippen LogP contribution in [0.25, 0.3) is 5.69 Å². The number of nitrogens with one attached hydrogen (secondary N) is 2. The Balaban J connectivity index is 2.16. The number of carbonyl (C=O) groups excluding carboxylic acids is 2. The second kappa shape index (κ2) is 10.1. The predicted octanol–water partition coefficient (Wildman–Crippen LogP) is 3.96. The third-order valence-electron chi connectivity index (χ3n) is 4.10. The highest BCUT2D eigenvalue weighted by atomic mass is 35.5. The number of amides is 2. The van der Waals surface area contributed by atoms with E-state index in [0.29, 0.717) is 34.7 Å². The fraction of sp³-hybridized carbons (Fsp3) is 0.450. The summed E-state index contributed by atoms with van der Waals surface area (Å²) in [5.41, 5.74) is 1.25. The summed E-state index contributed by atoms with van der Waals surface area (Å²) in [5.74, 6) is 0.0113. The third-order valence-corrected chi connectivity index (χ3v) is 4.84. The SMILES string of the molecule is COCCNC(=O)CCC(=O)Nc1cc(C(C)(C)C)nn1-c1ccc(Cl)c(Cl)c1. The summed E-state index contributed by atoms with van der Waals surface area (Å²) in [6, 6.07) is 6.95. The summed E-state index contributed by atoms with van der Waals surface area (Å²) in [7, 11) is 1.56. The van der Waals surface area contributed by atoms with E-state index in [2.05, 4.69) is 15.7 Å². The van der Waals surface area contributed by atoms with Gasteiger partial charge in [-0.2, -0.15) is 5.10 Å². The van der Waals surface area contributed by atoms with Gasteiger partial charge in [0.2, 0.25) is 11.8 Å². The molecule has 0 spiro atoms. The van der Waals surface area contributed by atoms with Crippen molar-refractivity contribution in [1.82, 2.24) is 15.1 Å². The monoisotopic (exact) mass is 440 g/mol. The normalized spacial score (nSPS) is 11.4. The largest absolute Gasteiger partial charge is 0.383 e. The van der Waals surface area contributed by atoms with E-state index in [0.717, 1.165) is 5.69 Å². The highest BCUT2D eigenvalue weighted by Gasteiger charge is 2.22. The molecule has 0 unspecified atom stereocenters. The van der Waals surface area contributed by atoms with Crippen molar-refractivity contribution in [2.75, 3.05) is 25.6 Å². The molecule has 2 N–H and O–H groups in total. The number of benzene rings is 1. The Labute approximate surface area is 180 Å². The van der Waals surface area contributed by atoms with Gasteiger partial charge in [-0.1, -0.05) is 44.0 Å². The minimum Gasteiger partial charge on any atom is -0.383 e. The molecule has 0 fully saturated rings. The summed E-state index contributed by atoms with van der Waals surface area (Å²) in [6.07, 6.45) is 0.138. The topological polar surface area (TPSA) is 85.2 Å². The van der Waals surface area contributed by atoms with Crippen LogP contribution in [0.4, 0.5) is 5.82 Å². The number of anilines is 1. The van der Waals surface area contributed by atoms with Gasteiger partial charge in [0.05, 0.1) is 28.0 Å². The Kier molecular flexibility index (Phi) is 8.07. The second-order valence-electron chi connectivity index (χ2n) is 7.57. The molecule has 2 aromatic rings. The van der Waals surface area contributed by atoms with Gasteiger partial charge in [-0.15, -0.1) is 0 Å². The van der Waals surface area contributed by atoms with Crippen LogP contribution in [0, 0.1) is 0 Å². The molecule has 1 aromatic carbocycles. The van der Waals surface area contributed by atoms with Crippen molar-refractivity contribution in [3.8, 4) is 5.69 Å². The van der Waals surface area contributed by atoms with E-state index >= 15 is 0 Å². The molecule has 7 nitrogen and oxygen atoms in total. The lowest BCUT2D eigenvalue weighted by Crippen LogP contribution is -2.28. The molecule has 0 bridgehead atoms. The van der Waals surface area contributed by atoms with E-state index in [1.807, 2.05) is 26.8 Å². The maximum atomic E-state index is 12.4. The molecule has 0 radical (unpaired) electrons. The molecular formula is C20H26Cl2N4O3. The molecule has 0 aliphatic rings. The molecule has 0 aliphatic carbocycles. The first-order chi connectivity index (χ1) is 13.6. The van der Waals surface area contributed by atoms with Gasteiger partial charge in [-0.25, -0.2) is 4.68 Å². The summed E-state index contributed by atoms with van der Waals surface area (Å²) in [4.78, 5) is 24.2. The van der Waals surface area contributed by atoms with Crippen molar-refractivity contribution in [3.63, 3.8) is 0 Å². The maximum Gasteiger partial charge on any atom is 0.226 e. The Morgan fingerprint density at radius 1 is 1.10 bits per heavy atom. The molecule has 1 heterocycles. The number of nitrogens with zero attached hydrogens (tertiary/aromatic N) is 2. The van der Waals surface area contributed by atoms with Gasteiger partial charge in [0.25, 0.3) is 0 Å². The number of rotatable bonds is 8. The van der Waals surface area contributed by atoms with Gasteiger partial charge in [0.1, 0.15) is 5.82 Å². The van der Waals surface area contributed by atoms with Crippen molar-refractivity contribution in [2.24, 2.45) is 0 Å². The first-order valence-electron chi connectivity index (χ1n) is 9.23. The van der Waals surface area contributed by atoms with Crippen molar-refractivity contribution in [2.45, 2.75) is 39.0 Å². The highest BCUT2D eigenvalue weighted by Crippen LogP contribution is 2.29. The second-order valence-corrected chi connectivity index (χ2v) is 8.38. The van der Waals surface area contributed by atoms with Crippen molar-refractivity contribution < 1.29 is 14.3 Å². The number of carbonyl (C=O) groups is 2. The lowest BCUT2D eigenvalue weighted by molar-refractivity contribution is -0.124. The standard InChI is InChI=1S/C20H26Cl2N4O3/c1-20(2,3)16-12-17(24-19(28)8-7-18(27)23-9-10-29-4)26(25-16)13-5-6-14(21)15(22)11-13/h5-6,11-12H,7-10H2,1-4H3,(H,23,27)(H,24,28). The number of aromatic nitrogens is 2. The van der Waals surface area contributed by atoms with E-state index in [4.69, 9.17) is 27.9 Å². The number of hydrogen-bond acceptors (Lipinski definition) is 4. The summed E-state index contributed by atoms with van der Waals surface area (Å²) in [5, 5.41) is 11.0. The van der Waals surface area contributed by atoms with Crippen LogP contribution in [0.15, 0.2) is 24.3 Å². The van der Waals surface area contributed by atoms with Crippen LogP contribution >= 0.6 is 23.2 Å². The summed E-state index contributed by atoms with van der Waals surface area (Å²) >= 11 is 12.2. The fourth-order valence-corrected chi connectivity index (χ4v) is 2.76. The van der Waals surface area contributed by atoms with Crippen LogP contribution in [0.2, 0.25) is 10.0 Å². The van der Waals surface area contributed by atoms with E-state index in [1.54, 1.807) is 30.0 Å². The van der Waals surface area contributed by atoms with Crippen molar-refractivity contribution in [3.05, 3.63) is 40.0 Å². The smallest absolute Gasteiger partial charge is 0.226 e. The molecule has 0 atom stereocenters. The average Bonchev–Trinajstić information content (AvgIpc) is 3.06. The van der Waals surface area contributed by atoms with Crippen LogP contribution in [0.3, 0.4) is 0 Å². The molecule has 0 aliphatic heterocycles. The number of methoxy groups -OCH3 is 1. The molecule has 29 heavy (non-hydrogen) atoms. The first-order valence-corrected chi connectivity index (χ1v) is 9.99. The minimum absolute atomic E-state index is 0.0518. The molecule has 0 saturated heterocycles. The maximum absolute atomic E-state index is 12.4. The average molecular weight is 441 g/mol. The van der Waals surface area contributed by atoms with Crippen LogP contribution in [-0.4, -0.2) is 41.9 Å². The van der Waals surface area contributed by atoms with Gasteiger partial charge < -0.3 is 15.4 Å². The number of hydrogen-bond donors (Lipinski definition) is 2. The molecule has 2 rings (SSSR count). The third kappa shape index (κ3) is 6.73. The van der Waals surface area contributed by atoms with Crippen molar-refractivity contribution >= 4 is 40.8 Å². The fourth-order valence-electron chi connectivity index (χ4n) is 2.46. The summed E-state index contributed by atoms with van der Waals surface area (Å²) in [6.45, 7) is 6.94. The molecule has 0 saturated carbocycles. The van der Waals surface area contributed by atoms with E-state index in [-0.39, 0.29) is 30.1 Å². The van der Waals surface area contributed by atoms with E-state index in [9.17, 15) is 9.59 Å². The quantitative estimate of drug-likeness (QED) is 0.608. The van der Waals surface area contributed by atoms with E-state index in [1.165, 1.54) is 0 Å². The molecular weight excluding hydrogens is 415 g/mol. The van der Waals surface area contributed by atoms with Gasteiger partial charge >= 0.3 is 0 Å². The Hall–Kier alpha value is -2.09. The molecule has 9 heteroatoms. The van der Waals surface area contributed by atoms with Crippen LogP contribution < -0.4 is 10.6 Å². The minimum atomic E-state index is -0.284. The lowest BCUT2D eigenvalue weighted by atomic mass is 9.92.